The van der Waals surface area contributed by atoms with Gasteiger partial charge in [0.2, 0.25) is 17.7 Å². The first-order chi connectivity index (χ1) is 27.0. The van der Waals surface area contributed by atoms with Crippen LogP contribution in [0.4, 0.5) is 17.6 Å². The molecular formula is C39H46F4N5O7PS. The maximum atomic E-state index is 16.1. The molecule has 1 saturated carbocycles. The number of halogens is 4. The van der Waals surface area contributed by atoms with E-state index in [9.17, 15) is 36.9 Å². The van der Waals surface area contributed by atoms with Gasteiger partial charge >= 0.3 is 19.7 Å². The summed E-state index contributed by atoms with van der Waals surface area (Å²) in [5, 5.41) is 5.39. The van der Waals surface area contributed by atoms with Crippen molar-refractivity contribution in [3.05, 3.63) is 64.3 Å². The molecule has 0 spiro atoms. The van der Waals surface area contributed by atoms with Crippen LogP contribution in [0.15, 0.2) is 42.7 Å². The van der Waals surface area contributed by atoms with Gasteiger partial charge in [-0.15, -0.1) is 11.3 Å². The molecule has 2 N–H and O–H groups in total. The van der Waals surface area contributed by atoms with E-state index in [0.717, 1.165) is 35.3 Å². The number of rotatable bonds is 13. The molecule has 2 aromatic heterocycles. The van der Waals surface area contributed by atoms with Gasteiger partial charge in [-0.3, -0.25) is 28.7 Å². The molecule has 8 atom stereocenters. The highest BCUT2D eigenvalue weighted by molar-refractivity contribution is 7.57. The highest BCUT2D eigenvalue weighted by atomic mass is 32.1. The number of amides is 3. The van der Waals surface area contributed by atoms with Crippen LogP contribution in [0.2, 0.25) is 0 Å². The Morgan fingerprint density at radius 1 is 1.09 bits per heavy atom. The quantitative estimate of drug-likeness (QED) is 0.108. The number of fused-ring (bicyclic) bond motifs is 3. The van der Waals surface area contributed by atoms with Gasteiger partial charge in [0, 0.05) is 42.1 Å². The monoisotopic (exact) mass is 835 g/mol. The van der Waals surface area contributed by atoms with Gasteiger partial charge in [0.25, 0.3) is 5.91 Å². The maximum Gasteiger partial charge on any atom is 0.412 e. The van der Waals surface area contributed by atoms with E-state index in [-0.39, 0.29) is 46.7 Å². The molecular weight excluding hydrogens is 789 g/mol. The molecule has 5 heterocycles. The Bertz CT molecular complexity index is 2080. The lowest BCUT2D eigenvalue weighted by Gasteiger charge is -2.43. The fourth-order valence-corrected chi connectivity index (χ4v) is 11.2. The summed E-state index contributed by atoms with van der Waals surface area (Å²) in [6.07, 6.45) is 2.59. The first-order valence-electron chi connectivity index (χ1n) is 19.3. The second-order valence-corrected chi connectivity index (χ2v) is 18.9. The van der Waals surface area contributed by atoms with Crippen molar-refractivity contribution in [1.82, 2.24) is 25.2 Å². The zero-order valence-corrected chi connectivity index (χ0v) is 33.5. The van der Waals surface area contributed by atoms with E-state index in [4.69, 9.17) is 4.74 Å². The molecule has 3 aliphatic heterocycles. The van der Waals surface area contributed by atoms with Crippen molar-refractivity contribution in [1.29, 1.82) is 0 Å². The summed E-state index contributed by atoms with van der Waals surface area (Å²) in [6.45, 7) is 4.01. The number of carbonyl (C=O) groups excluding carboxylic acids is 4. The van der Waals surface area contributed by atoms with Crippen molar-refractivity contribution < 1.29 is 50.6 Å². The lowest BCUT2D eigenvalue weighted by molar-refractivity contribution is -0.154. The molecule has 0 radical (unpaired) electrons. The van der Waals surface area contributed by atoms with E-state index in [1.165, 1.54) is 31.2 Å². The standard InChI is InChI=1S/C39H46F4N5O7PS/c1-4-11-54-38(52)22(3)46-56(53,55-20-39(41,42)43)34(40)23-5-8-32-26(12-23)16-33(57-32)35(49)45-30-15-25-13-24(25)14-28-6-7-31(48(28)36(30)50)37(51)47-18-27(19-47)29-17-44-10-9-21(29)2/h5,8-10,12,16-17,22,24-25,27-28,30-31,34H,4,6-7,11,13-15,18-20H2,1-3H3,(H,45,49)(H,46,53)/t22-,24+,25-,28+,30-,31-,34?,56?/m0/s1. The number of thiophene rings is 1. The number of alkyl halides is 4. The molecule has 3 amide bonds. The van der Waals surface area contributed by atoms with Crippen molar-refractivity contribution in [2.24, 2.45) is 11.8 Å². The van der Waals surface area contributed by atoms with Crippen molar-refractivity contribution in [2.45, 2.75) is 101 Å². The zero-order chi connectivity index (χ0) is 40.8. The van der Waals surface area contributed by atoms with Gasteiger partial charge in [-0.25, -0.2) is 9.48 Å². The number of likely N-dealkylation sites (tertiary alicyclic amines) is 1. The van der Waals surface area contributed by atoms with Crippen LogP contribution in [0, 0.1) is 18.8 Å². The number of hydrogen-bond donors (Lipinski definition) is 2. The van der Waals surface area contributed by atoms with Crippen LogP contribution >= 0.6 is 18.9 Å². The molecule has 3 aromatic rings. The fourth-order valence-electron chi connectivity index (χ4n) is 8.34. The number of aryl methyl sites for hydroxylation is 1. The van der Waals surface area contributed by atoms with Crippen molar-refractivity contribution in [3.8, 4) is 0 Å². The number of ether oxygens (including phenoxy) is 1. The van der Waals surface area contributed by atoms with Crippen molar-refractivity contribution >= 4 is 52.6 Å². The summed E-state index contributed by atoms with van der Waals surface area (Å²) in [4.78, 5) is 62.2. The summed E-state index contributed by atoms with van der Waals surface area (Å²) in [7, 11) is -5.03. The predicted octanol–water partition coefficient (Wildman–Crippen LogP) is 6.79. The fraction of sp³-hybridized carbons (Fsp3) is 0.564. The van der Waals surface area contributed by atoms with Gasteiger partial charge in [0.1, 0.15) is 18.1 Å². The summed E-state index contributed by atoms with van der Waals surface area (Å²) >= 11 is 1.07. The summed E-state index contributed by atoms with van der Waals surface area (Å²) in [5.41, 5.74) is 1.94. The Morgan fingerprint density at radius 3 is 2.56 bits per heavy atom. The lowest BCUT2D eigenvalue weighted by Crippen LogP contribution is -2.59. The molecule has 57 heavy (non-hydrogen) atoms. The molecule has 1 aromatic carbocycles. The first kappa shape index (κ1) is 41.2. The molecule has 2 unspecified atom stereocenters. The minimum Gasteiger partial charge on any atom is -0.465 e. The number of nitrogens with one attached hydrogen (secondary N) is 2. The van der Waals surface area contributed by atoms with E-state index in [1.54, 1.807) is 22.9 Å². The third-order valence-electron chi connectivity index (χ3n) is 11.5. The number of esters is 1. The van der Waals surface area contributed by atoms with E-state index >= 15 is 4.39 Å². The molecule has 7 rings (SSSR count). The van der Waals surface area contributed by atoms with E-state index < -0.39 is 56.2 Å². The van der Waals surface area contributed by atoms with Gasteiger partial charge < -0.3 is 24.4 Å². The summed E-state index contributed by atoms with van der Waals surface area (Å²) in [5.74, 6) is -3.59. The highest BCUT2D eigenvalue weighted by Gasteiger charge is 2.52. The van der Waals surface area contributed by atoms with Crippen LogP contribution in [0.5, 0.6) is 0 Å². The Hall–Kier alpha value is -3.92. The van der Waals surface area contributed by atoms with Crippen molar-refractivity contribution in [3.63, 3.8) is 0 Å². The minimum absolute atomic E-state index is 0.00412. The average Bonchev–Trinajstić information content (AvgIpc) is 3.51. The molecule has 4 fully saturated rings. The Kier molecular flexibility index (Phi) is 11.9. The molecule has 1 aliphatic carbocycles. The van der Waals surface area contributed by atoms with E-state index in [2.05, 4.69) is 19.9 Å². The van der Waals surface area contributed by atoms with Crippen LogP contribution < -0.4 is 10.4 Å². The third kappa shape index (κ3) is 8.91. The molecule has 4 aliphatic rings. The topological polar surface area (TPSA) is 147 Å². The number of aromatic nitrogens is 1. The van der Waals surface area contributed by atoms with Crippen LogP contribution in [0.25, 0.3) is 10.1 Å². The third-order valence-corrected chi connectivity index (χ3v) is 14.7. The zero-order valence-electron chi connectivity index (χ0n) is 31.8. The van der Waals surface area contributed by atoms with Crippen LogP contribution in [-0.2, 0) is 28.2 Å². The van der Waals surface area contributed by atoms with Crippen LogP contribution in [0.3, 0.4) is 0 Å². The Morgan fingerprint density at radius 2 is 1.84 bits per heavy atom. The smallest absolute Gasteiger partial charge is 0.412 e. The Balaban J connectivity index is 1.05. The number of nitrogens with zero attached hydrogens (tertiary/aromatic N) is 3. The van der Waals surface area contributed by atoms with Crippen LogP contribution in [-0.4, -0.2) is 95.1 Å². The molecule has 12 nitrogen and oxygen atoms in total. The molecule has 18 heteroatoms. The van der Waals surface area contributed by atoms with Crippen molar-refractivity contribution in [2.75, 3.05) is 26.3 Å². The predicted molar refractivity (Wildman–Crippen MR) is 203 cm³/mol. The van der Waals surface area contributed by atoms with Gasteiger partial charge in [0.05, 0.1) is 11.5 Å². The highest BCUT2D eigenvalue weighted by Crippen LogP contribution is 2.59. The summed E-state index contributed by atoms with van der Waals surface area (Å²) < 4.78 is 79.3. The van der Waals surface area contributed by atoms with Crippen LogP contribution in [0.1, 0.15) is 90.6 Å². The number of pyridine rings is 1. The van der Waals surface area contributed by atoms with E-state index in [0.29, 0.717) is 54.8 Å². The van der Waals surface area contributed by atoms with Gasteiger partial charge in [-0.2, -0.15) is 13.2 Å². The minimum atomic E-state index is -5.03. The number of hydrogen-bond acceptors (Lipinski definition) is 9. The molecule has 308 valence electrons. The van der Waals surface area contributed by atoms with E-state index in [1.807, 2.05) is 19.2 Å². The van der Waals surface area contributed by atoms with Gasteiger partial charge in [0.15, 0.2) is 6.61 Å². The second kappa shape index (κ2) is 16.4. The number of carbonyl (C=O) groups is 4. The number of benzene rings is 1. The Labute approximate surface area is 331 Å². The lowest BCUT2D eigenvalue weighted by atomic mass is 9.89. The molecule has 0 bridgehead atoms. The summed E-state index contributed by atoms with van der Waals surface area (Å²) in [6, 6.07) is 4.33. The maximum absolute atomic E-state index is 16.1. The van der Waals surface area contributed by atoms with Gasteiger partial charge in [-0.05, 0) is 111 Å². The SMILES string of the molecule is CCCOC(=O)[C@H](C)NP(=O)(OCC(F)(F)F)C(F)c1ccc2sc(C(=O)N[C@H]3C[C@@H]4C[C@@H]4C[C@H]4CC[C@@H](C(=O)N5CC(c6cnccc6C)C5)N4C3=O)cc2c1. The first-order valence-corrected chi connectivity index (χ1v) is 21.8. The average molecular weight is 836 g/mol. The largest absolute Gasteiger partial charge is 0.465 e. The normalized spacial score (nSPS) is 25.7. The second-order valence-electron chi connectivity index (χ2n) is 15.7. The molecule has 3 saturated heterocycles. The van der Waals surface area contributed by atoms with Gasteiger partial charge in [-0.1, -0.05) is 13.0 Å².